The number of morpholine rings is 1. The predicted molar refractivity (Wildman–Crippen MR) is 152 cm³/mol. The second kappa shape index (κ2) is 15.2. The van der Waals surface area contributed by atoms with Crippen molar-refractivity contribution in [2.75, 3.05) is 59.0 Å². The SMILES string of the molecule is NN=CN1CCC[C@@H](CNC(=O)C[C@H](NS(=O)(=O)N2CCOCC2)C(=O)N(CCNC(=O)c2cnccn2)C2CC2)C1. The Bertz CT molecular complexity index is 1190. The molecule has 4 rings (SSSR count). The van der Waals surface area contributed by atoms with Crippen molar-refractivity contribution in [3.8, 4) is 0 Å². The van der Waals surface area contributed by atoms with Crippen LogP contribution in [0.15, 0.2) is 23.7 Å². The number of likely N-dealkylation sites (tertiary alicyclic amines) is 1. The first-order chi connectivity index (χ1) is 20.3. The molecule has 2 atom stereocenters. The molecule has 16 nitrogen and oxygen atoms in total. The van der Waals surface area contributed by atoms with Gasteiger partial charge in [0.15, 0.2) is 0 Å². The van der Waals surface area contributed by atoms with E-state index in [0.29, 0.717) is 13.1 Å². The van der Waals surface area contributed by atoms with E-state index in [0.717, 1.165) is 32.2 Å². The highest BCUT2D eigenvalue weighted by Crippen LogP contribution is 2.27. The Morgan fingerprint density at radius 3 is 2.64 bits per heavy atom. The van der Waals surface area contributed by atoms with Gasteiger partial charge in [-0.05, 0) is 31.6 Å². The van der Waals surface area contributed by atoms with Crippen LogP contribution < -0.4 is 21.2 Å². The number of aromatic nitrogens is 2. The van der Waals surface area contributed by atoms with Crippen molar-refractivity contribution in [2.45, 2.75) is 44.2 Å². The van der Waals surface area contributed by atoms with Crippen LogP contribution in [-0.4, -0.2) is 128 Å². The van der Waals surface area contributed by atoms with E-state index in [4.69, 9.17) is 10.6 Å². The van der Waals surface area contributed by atoms with Crippen molar-refractivity contribution in [2.24, 2.45) is 16.9 Å². The number of hydrogen-bond donors (Lipinski definition) is 4. The summed E-state index contributed by atoms with van der Waals surface area (Å²) in [6, 6.07) is -1.41. The van der Waals surface area contributed by atoms with Crippen LogP contribution in [0.25, 0.3) is 0 Å². The summed E-state index contributed by atoms with van der Waals surface area (Å²) < 4.78 is 35.4. The molecule has 0 aromatic carbocycles. The fourth-order valence-corrected chi connectivity index (χ4v) is 6.38. The van der Waals surface area contributed by atoms with E-state index in [9.17, 15) is 22.8 Å². The molecule has 1 saturated carbocycles. The maximum Gasteiger partial charge on any atom is 0.280 e. The molecule has 3 aliphatic rings. The van der Waals surface area contributed by atoms with E-state index in [1.807, 2.05) is 4.90 Å². The summed E-state index contributed by atoms with van der Waals surface area (Å²) in [6.45, 7) is 2.95. The molecule has 1 aromatic heterocycles. The van der Waals surface area contributed by atoms with E-state index in [2.05, 4.69) is 30.4 Å². The number of piperidine rings is 1. The number of ether oxygens (including phenoxy) is 1. The van der Waals surface area contributed by atoms with E-state index in [1.54, 1.807) is 11.2 Å². The molecule has 0 unspecified atom stereocenters. The molecular weight excluding hydrogens is 568 g/mol. The smallest absolute Gasteiger partial charge is 0.280 e. The number of rotatable bonds is 14. The second-order valence-electron chi connectivity index (χ2n) is 10.6. The van der Waals surface area contributed by atoms with Gasteiger partial charge in [-0.2, -0.15) is 22.5 Å². The second-order valence-corrected chi connectivity index (χ2v) is 12.3. The van der Waals surface area contributed by atoms with E-state index in [-0.39, 0.29) is 63.5 Å². The molecule has 2 saturated heterocycles. The zero-order chi connectivity index (χ0) is 30.0. The molecule has 3 fully saturated rings. The summed E-state index contributed by atoms with van der Waals surface area (Å²) in [5.74, 6) is 4.05. The number of nitrogens with zero attached hydrogens (tertiary/aromatic N) is 6. The van der Waals surface area contributed by atoms with Gasteiger partial charge in [0, 0.05) is 64.2 Å². The summed E-state index contributed by atoms with van der Waals surface area (Å²) in [5, 5.41) is 9.16. The Kier molecular flexibility index (Phi) is 11.4. The fraction of sp³-hybridized carbons (Fsp3) is 0.680. The molecule has 5 N–H and O–H groups in total. The van der Waals surface area contributed by atoms with Gasteiger partial charge in [0.05, 0.1) is 25.8 Å². The van der Waals surface area contributed by atoms with Crippen LogP contribution in [0.3, 0.4) is 0 Å². The minimum atomic E-state index is -4.07. The average molecular weight is 609 g/mol. The first-order valence-corrected chi connectivity index (χ1v) is 15.6. The summed E-state index contributed by atoms with van der Waals surface area (Å²) in [7, 11) is -4.07. The summed E-state index contributed by atoms with van der Waals surface area (Å²) in [5.41, 5.74) is 0.144. The molecule has 17 heteroatoms. The first kappa shape index (κ1) is 31.5. The van der Waals surface area contributed by atoms with Crippen molar-refractivity contribution in [1.29, 1.82) is 0 Å². The van der Waals surface area contributed by atoms with E-state index in [1.165, 1.54) is 22.9 Å². The number of hydrogen-bond acceptors (Lipinski definition) is 10. The normalized spacial score (nSPS) is 20.7. The molecule has 3 heterocycles. The number of amides is 3. The topological polar surface area (TPSA) is 205 Å². The van der Waals surface area contributed by atoms with Crippen LogP contribution in [-0.2, 0) is 24.5 Å². The minimum absolute atomic E-state index is 0.0956. The fourth-order valence-electron chi connectivity index (χ4n) is 5.06. The largest absolute Gasteiger partial charge is 0.379 e. The summed E-state index contributed by atoms with van der Waals surface area (Å²) >= 11 is 0. The molecule has 1 aromatic rings. The van der Waals surface area contributed by atoms with E-state index >= 15 is 0 Å². The van der Waals surface area contributed by atoms with Crippen LogP contribution in [0.4, 0.5) is 0 Å². The van der Waals surface area contributed by atoms with Crippen molar-refractivity contribution < 1.29 is 27.5 Å². The van der Waals surface area contributed by atoms with Crippen LogP contribution in [0.2, 0.25) is 0 Å². The molecule has 232 valence electrons. The Morgan fingerprint density at radius 1 is 1.17 bits per heavy atom. The summed E-state index contributed by atoms with van der Waals surface area (Å²) in [4.78, 5) is 50.6. The highest BCUT2D eigenvalue weighted by atomic mass is 32.2. The van der Waals surface area contributed by atoms with Gasteiger partial charge in [-0.1, -0.05) is 0 Å². The number of nitrogens with one attached hydrogen (secondary N) is 3. The molecule has 1 aliphatic carbocycles. The Hall–Kier alpha value is -3.41. The van der Waals surface area contributed by atoms with Crippen molar-refractivity contribution in [3.05, 3.63) is 24.3 Å². The molecule has 0 spiro atoms. The van der Waals surface area contributed by atoms with Crippen molar-refractivity contribution >= 4 is 34.3 Å². The van der Waals surface area contributed by atoms with Gasteiger partial charge in [0.2, 0.25) is 11.8 Å². The lowest BCUT2D eigenvalue weighted by Crippen LogP contribution is -2.56. The Morgan fingerprint density at radius 2 is 1.95 bits per heavy atom. The molecule has 2 aliphatic heterocycles. The molecule has 0 bridgehead atoms. The zero-order valence-corrected chi connectivity index (χ0v) is 24.4. The van der Waals surface area contributed by atoms with Crippen molar-refractivity contribution in [1.82, 2.24) is 39.4 Å². The zero-order valence-electron chi connectivity index (χ0n) is 23.6. The van der Waals surface area contributed by atoms with Gasteiger partial charge in [-0.3, -0.25) is 19.4 Å². The van der Waals surface area contributed by atoms with E-state index < -0.39 is 34.0 Å². The Balaban J connectivity index is 1.40. The van der Waals surface area contributed by atoms with Gasteiger partial charge >= 0.3 is 0 Å². The third-order valence-electron chi connectivity index (χ3n) is 7.36. The third-order valence-corrected chi connectivity index (χ3v) is 8.99. The van der Waals surface area contributed by atoms with Crippen LogP contribution in [0.1, 0.15) is 42.6 Å². The highest BCUT2D eigenvalue weighted by Gasteiger charge is 2.39. The predicted octanol–water partition coefficient (Wildman–Crippen LogP) is -2.15. The molecule has 42 heavy (non-hydrogen) atoms. The molecule has 0 radical (unpaired) electrons. The lowest BCUT2D eigenvalue weighted by atomic mass is 9.98. The quantitative estimate of drug-likeness (QED) is 0.0780. The number of nitrogens with two attached hydrogens (primary N) is 1. The van der Waals surface area contributed by atoms with Crippen LogP contribution in [0.5, 0.6) is 0 Å². The number of carbonyl (C=O) groups excluding carboxylic acids is 3. The maximum absolute atomic E-state index is 13.8. The Labute approximate surface area is 245 Å². The van der Waals surface area contributed by atoms with Gasteiger partial charge < -0.3 is 31.0 Å². The first-order valence-electron chi connectivity index (χ1n) is 14.2. The number of hydrazone groups is 1. The molecule has 3 amide bonds. The third kappa shape index (κ3) is 9.30. The highest BCUT2D eigenvalue weighted by molar-refractivity contribution is 7.87. The monoisotopic (exact) mass is 608 g/mol. The molecular formula is C25H40N10O6S. The van der Waals surface area contributed by atoms with Gasteiger partial charge in [0.1, 0.15) is 18.1 Å². The van der Waals surface area contributed by atoms with Crippen LogP contribution in [0, 0.1) is 5.92 Å². The lowest BCUT2D eigenvalue weighted by Gasteiger charge is -2.32. The van der Waals surface area contributed by atoms with Gasteiger partial charge in [-0.15, -0.1) is 0 Å². The number of carbonyl (C=O) groups is 3. The van der Waals surface area contributed by atoms with Gasteiger partial charge in [0.25, 0.3) is 16.1 Å². The van der Waals surface area contributed by atoms with Crippen LogP contribution >= 0.6 is 0 Å². The minimum Gasteiger partial charge on any atom is -0.379 e. The standard InChI is InChI=1S/C25H40N10O6S/c26-31-18-33-8-1-2-19(17-33)15-30-23(36)14-21(32-42(39,40)34-10-12-41-13-11-34)25(38)35(20-3-4-20)9-7-29-24(37)22-16-27-5-6-28-22/h5-6,16,18-21,32H,1-4,7-15,17,26H2,(H,29,37)(H,30,36)/t19-,21-/m0/s1. The maximum atomic E-state index is 13.8. The van der Waals surface area contributed by atoms with Crippen molar-refractivity contribution in [3.63, 3.8) is 0 Å². The summed E-state index contributed by atoms with van der Waals surface area (Å²) in [6.07, 6.45) is 8.76. The average Bonchev–Trinajstić information content (AvgIpc) is 3.84. The van der Waals surface area contributed by atoms with Gasteiger partial charge in [-0.25, -0.2) is 4.98 Å². The lowest BCUT2D eigenvalue weighted by molar-refractivity contribution is -0.136.